The molecule has 0 unspecified atom stereocenters. The Kier molecular flexibility index (Phi) is 7.68. The fraction of sp³-hybridized carbons (Fsp3) is 0.200. The maximum atomic E-state index is 13.3. The molecule has 32 heavy (non-hydrogen) atoms. The summed E-state index contributed by atoms with van der Waals surface area (Å²) in [5.41, 5.74) is 1.49. The van der Waals surface area contributed by atoms with Crippen LogP contribution in [0.3, 0.4) is 0 Å². The third-order valence-corrected chi connectivity index (χ3v) is 4.97. The van der Waals surface area contributed by atoms with Gasteiger partial charge < -0.3 is 15.7 Å². The third-order valence-electron chi connectivity index (χ3n) is 4.97. The molecule has 0 aliphatic rings. The van der Waals surface area contributed by atoms with Crippen molar-refractivity contribution in [2.24, 2.45) is 0 Å². The van der Waals surface area contributed by atoms with Crippen LogP contribution in [0, 0.1) is 11.6 Å². The quantitative estimate of drug-likeness (QED) is 0.503. The average molecular weight is 438 g/mol. The van der Waals surface area contributed by atoms with Gasteiger partial charge in [0.05, 0.1) is 12.5 Å². The highest BCUT2D eigenvalue weighted by atomic mass is 19.1. The van der Waals surface area contributed by atoms with Crippen LogP contribution in [-0.4, -0.2) is 23.0 Å². The number of carbonyl (C=O) groups is 2. The summed E-state index contributed by atoms with van der Waals surface area (Å²) in [7, 11) is 0. The predicted octanol–water partition coefficient (Wildman–Crippen LogP) is 3.60. The summed E-state index contributed by atoms with van der Waals surface area (Å²) in [6.07, 6.45) is -1.29. The zero-order valence-electron chi connectivity index (χ0n) is 17.5. The van der Waals surface area contributed by atoms with E-state index in [1.54, 1.807) is 48.5 Å². The second-order valence-corrected chi connectivity index (χ2v) is 7.50. The van der Waals surface area contributed by atoms with Gasteiger partial charge in [-0.2, -0.15) is 0 Å². The van der Waals surface area contributed by atoms with Crippen LogP contribution in [0.4, 0.5) is 8.78 Å². The van der Waals surface area contributed by atoms with Crippen LogP contribution in [0.15, 0.2) is 78.9 Å². The number of amides is 2. The van der Waals surface area contributed by atoms with Crippen molar-refractivity contribution in [2.45, 2.75) is 31.5 Å². The smallest absolute Gasteiger partial charge is 0.242 e. The average Bonchev–Trinajstić information content (AvgIpc) is 2.77. The second kappa shape index (κ2) is 10.6. The van der Waals surface area contributed by atoms with Crippen molar-refractivity contribution in [2.75, 3.05) is 0 Å². The summed E-state index contributed by atoms with van der Waals surface area (Å²) < 4.78 is 26.7. The fourth-order valence-corrected chi connectivity index (χ4v) is 3.38. The van der Waals surface area contributed by atoms with Crippen molar-refractivity contribution in [3.63, 3.8) is 0 Å². The molecule has 3 aromatic carbocycles. The lowest BCUT2D eigenvalue weighted by atomic mass is 9.95. The van der Waals surface area contributed by atoms with Crippen LogP contribution in [-0.2, 0) is 16.0 Å². The zero-order chi connectivity index (χ0) is 23.1. The number of nitrogens with one attached hydrogen (secondary N) is 2. The molecule has 0 aliphatic carbocycles. The summed E-state index contributed by atoms with van der Waals surface area (Å²) in [4.78, 5) is 25.1. The lowest BCUT2D eigenvalue weighted by molar-refractivity contribution is -0.129. The molecule has 5 nitrogen and oxygen atoms in total. The number of benzene rings is 3. The van der Waals surface area contributed by atoms with Gasteiger partial charge in [-0.3, -0.25) is 9.59 Å². The fourth-order valence-electron chi connectivity index (χ4n) is 3.38. The minimum atomic E-state index is -1.01. The number of carbonyl (C=O) groups excluding carboxylic acids is 2. The summed E-state index contributed by atoms with van der Waals surface area (Å²) >= 11 is 0. The second-order valence-electron chi connectivity index (χ2n) is 7.50. The van der Waals surface area contributed by atoms with E-state index in [4.69, 9.17) is 0 Å². The number of rotatable bonds is 8. The summed E-state index contributed by atoms with van der Waals surface area (Å²) in [6.45, 7) is 1.50. The maximum absolute atomic E-state index is 13.3. The van der Waals surface area contributed by atoms with E-state index in [9.17, 15) is 23.5 Å². The first-order chi connectivity index (χ1) is 15.3. The Hall–Kier alpha value is -3.58. The van der Waals surface area contributed by atoms with Crippen molar-refractivity contribution < 1.29 is 23.5 Å². The predicted molar refractivity (Wildman–Crippen MR) is 116 cm³/mol. The van der Waals surface area contributed by atoms with Gasteiger partial charge in [0.15, 0.2) is 0 Å². The van der Waals surface area contributed by atoms with E-state index in [1.807, 2.05) is 12.1 Å². The highest BCUT2D eigenvalue weighted by Gasteiger charge is 2.27. The van der Waals surface area contributed by atoms with E-state index in [-0.39, 0.29) is 12.0 Å². The SMILES string of the molecule is C[C@H](NC(=O)Cc1cc(F)cc(F)c1)C(=O)N[C@H](c1ccccc1)[C@@H](O)c1ccccc1. The van der Waals surface area contributed by atoms with Crippen LogP contribution >= 0.6 is 0 Å². The molecule has 0 radical (unpaired) electrons. The molecule has 3 N–H and O–H groups in total. The van der Waals surface area contributed by atoms with Gasteiger partial charge in [-0.05, 0) is 35.7 Å². The number of hydrogen-bond acceptors (Lipinski definition) is 3. The molecule has 0 bridgehead atoms. The van der Waals surface area contributed by atoms with E-state index in [1.165, 1.54) is 6.92 Å². The molecule has 0 fully saturated rings. The van der Waals surface area contributed by atoms with Crippen LogP contribution in [0.25, 0.3) is 0 Å². The van der Waals surface area contributed by atoms with Crippen LogP contribution in [0.1, 0.15) is 35.8 Å². The van der Waals surface area contributed by atoms with E-state index in [0.29, 0.717) is 11.1 Å². The van der Waals surface area contributed by atoms with Crippen LogP contribution in [0.5, 0.6) is 0 Å². The van der Waals surface area contributed by atoms with E-state index in [2.05, 4.69) is 10.6 Å². The van der Waals surface area contributed by atoms with Gasteiger partial charge in [-0.1, -0.05) is 60.7 Å². The molecule has 0 saturated heterocycles. The molecule has 0 saturated carbocycles. The Morgan fingerprint density at radius 1 is 0.844 bits per heavy atom. The van der Waals surface area contributed by atoms with Gasteiger partial charge in [0.2, 0.25) is 11.8 Å². The molecule has 0 spiro atoms. The topological polar surface area (TPSA) is 78.4 Å². The van der Waals surface area contributed by atoms with Gasteiger partial charge in [-0.15, -0.1) is 0 Å². The zero-order valence-corrected chi connectivity index (χ0v) is 17.5. The molecule has 0 aliphatic heterocycles. The number of hydrogen-bond donors (Lipinski definition) is 3. The molecule has 3 aromatic rings. The first-order valence-electron chi connectivity index (χ1n) is 10.2. The Morgan fingerprint density at radius 2 is 1.38 bits per heavy atom. The first-order valence-corrected chi connectivity index (χ1v) is 10.2. The third kappa shape index (κ3) is 6.21. The van der Waals surface area contributed by atoms with Crippen molar-refractivity contribution in [3.05, 3.63) is 107 Å². The minimum absolute atomic E-state index is 0.161. The van der Waals surface area contributed by atoms with Crippen LogP contribution in [0.2, 0.25) is 0 Å². The molecular formula is C25H24F2N2O3. The normalized spacial score (nSPS) is 13.6. The standard InChI is InChI=1S/C25H24F2N2O3/c1-16(28-22(30)14-17-12-20(26)15-21(27)13-17)25(32)29-23(18-8-4-2-5-9-18)24(31)19-10-6-3-7-11-19/h2-13,15-16,23-24,31H,14H2,1H3,(H,28,30)(H,29,32)/t16-,23+,24-/m0/s1. The molecule has 0 heterocycles. The van der Waals surface area contributed by atoms with E-state index >= 15 is 0 Å². The van der Waals surface area contributed by atoms with Crippen LogP contribution < -0.4 is 10.6 Å². The number of aliphatic hydroxyl groups is 1. The van der Waals surface area contributed by atoms with Gasteiger partial charge in [0.25, 0.3) is 0 Å². The largest absolute Gasteiger partial charge is 0.386 e. The van der Waals surface area contributed by atoms with Crippen molar-refractivity contribution >= 4 is 11.8 Å². The van der Waals surface area contributed by atoms with Gasteiger partial charge in [-0.25, -0.2) is 8.78 Å². The lowest BCUT2D eigenvalue weighted by Crippen LogP contribution is -2.47. The Bertz CT molecular complexity index is 1040. The minimum Gasteiger partial charge on any atom is -0.386 e. The molecule has 7 heteroatoms. The molecule has 2 amide bonds. The number of aliphatic hydroxyl groups excluding tert-OH is 1. The van der Waals surface area contributed by atoms with Gasteiger partial charge >= 0.3 is 0 Å². The summed E-state index contributed by atoms with van der Waals surface area (Å²) in [5, 5.41) is 16.2. The van der Waals surface area contributed by atoms with E-state index in [0.717, 1.165) is 18.2 Å². The molecule has 0 aromatic heterocycles. The molecule has 166 valence electrons. The van der Waals surface area contributed by atoms with Crippen molar-refractivity contribution in [3.8, 4) is 0 Å². The van der Waals surface area contributed by atoms with Gasteiger partial charge in [0, 0.05) is 6.07 Å². The van der Waals surface area contributed by atoms with E-state index < -0.39 is 41.6 Å². The van der Waals surface area contributed by atoms with Crippen molar-refractivity contribution in [1.82, 2.24) is 10.6 Å². The van der Waals surface area contributed by atoms with Gasteiger partial charge in [0.1, 0.15) is 23.8 Å². The Balaban J connectivity index is 1.69. The number of halogens is 2. The maximum Gasteiger partial charge on any atom is 0.242 e. The highest BCUT2D eigenvalue weighted by molar-refractivity contribution is 5.88. The Morgan fingerprint density at radius 3 is 1.94 bits per heavy atom. The molecular weight excluding hydrogens is 414 g/mol. The summed E-state index contributed by atoms with van der Waals surface area (Å²) in [5.74, 6) is -2.62. The highest BCUT2D eigenvalue weighted by Crippen LogP contribution is 2.28. The first kappa shape index (κ1) is 23.1. The molecule has 3 atom stereocenters. The lowest BCUT2D eigenvalue weighted by Gasteiger charge is -2.26. The van der Waals surface area contributed by atoms with Crippen molar-refractivity contribution in [1.29, 1.82) is 0 Å². The molecule has 3 rings (SSSR count). The summed E-state index contributed by atoms with van der Waals surface area (Å²) in [6, 6.07) is 19.1. The Labute approximate surface area is 185 Å². The monoisotopic (exact) mass is 438 g/mol.